The minimum absolute atomic E-state index is 0.0243. The highest BCUT2D eigenvalue weighted by atomic mass is 16.4. The van der Waals surface area contributed by atoms with Crippen LogP contribution >= 0.6 is 0 Å². The zero-order valence-corrected chi connectivity index (χ0v) is 55.5. The number of phenolic OH excluding ortho intramolecular Hbond substituents is 1. The topological polar surface area (TPSA) is 675 Å². The number of carbonyl (C=O) groups excluding carboxylic acids is 12. The fourth-order valence-corrected chi connectivity index (χ4v) is 9.39. The average molecular weight is 1430 g/mol. The van der Waals surface area contributed by atoms with Crippen LogP contribution in [0.25, 0.3) is 0 Å². The predicted octanol–water partition coefficient (Wildman–Crippen LogP) is -8.80. The van der Waals surface area contributed by atoms with E-state index in [2.05, 4.69) is 73.4 Å². The average Bonchev–Trinajstić information content (AvgIpc) is 1.06. The molecule has 554 valence electrons. The lowest BCUT2D eigenvalue weighted by Gasteiger charge is -2.29. The van der Waals surface area contributed by atoms with Crippen LogP contribution in [0, 0.1) is 5.92 Å². The maximum Gasteiger partial charge on any atom is 0.326 e. The maximum atomic E-state index is 14.4. The molecule has 3 aromatic rings. The van der Waals surface area contributed by atoms with Gasteiger partial charge in [-0.05, 0) is 62.8 Å². The minimum Gasteiger partial charge on any atom is -0.508 e. The molecule has 0 saturated heterocycles. The Labute approximate surface area is 576 Å². The first-order valence-electron chi connectivity index (χ1n) is 31.3. The van der Waals surface area contributed by atoms with Gasteiger partial charge in [0, 0.05) is 37.7 Å². The second-order valence-corrected chi connectivity index (χ2v) is 23.6. The number of rotatable bonds is 43. The number of nitrogens with two attached hydrogens (primary N) is 4. The number of hydrogen-bond acceptors (Lipinski definition) is 22. The smallest absolute Gasteiger partial charge is 0.326 e. The fraction of sp³-hybridized carbons (Fsp3) is 0.492. The van der Waals surface area contributed by atoms with E-state index < -0.39 is 212 Å². The molecule has 40 heteroatoms. The second-order valence-electron chi connectivity index (χ2n) is 23.6. The number of imidazole rings is 1. The zero-order chi connectivity index (χ0) is 76.0. The summed E-state index contributed by atoms with van der Waals surface area (Å²) in [6.45, 7) is 5.08. The van der Waals surface area contributed by atoms with Crippen LogP contribution in [0.4, 0.5) is 0 Å². The van der Waals surface area contributed by atoms with Crippen LogP contribution in [0.1, 0.15) is 83.5 Å². The quantitative estimate of drug-likeness (QED) is 0.0142. The van der Waals surface area contributed by atoms with Crippen molar-refractivity contribution in [1.82, 2.24) is 68.5 Å². The van der Waals surface area contributed by atoms with Gasteiger partial charge in [-0.3, -0.25) is 72.1 Å². The summed E-state index contributed by atoms with van der Waals surface area (Å²) in [5, 5.41) is 95.4. The molecule has 0 bridgehead atoms. The molecule has 27 N–H and O–H groups in total. The summed E-state index contributed by atoms with van der Waals surface area (Å²) in [7, 11) is 0. The molecular weight excluding hydrogens is 1340 g/mol. The number of aliphatic hydroxyl groups excluding tert-OH is 3. The predicted molar refractivity (Wildman–Crippen MR) is 350 cm³/mol. The van der Waals surface area contributed by atoms with Gasteiger partial charge in [-0.25, -0.2) is 9.78 Å². The Bertz CT molecular complexity index is 3410. The van der Waals surface area contributed by atoms with E-state index in [1.54, 1.807) is 30.3 Å². The summed E-state index contributed by atoms with van der Waals surface area (Å²) < 4.78 is 0. The van der Waals surface area contributed by atoms with Gasteiger partial charge in [-0.1, -0.05) is 56.3 Å². The molecule has 0 unspecified atom stereocenters. The molecule has 0 saturated carbocycles. The normalized spacial score (nSPS) is 15.2. The van der Waals surface area contributed by atoms with Crippen LogP contribution in [0.2, 0.25) is 0 Å². The van der Waals surface area contributed by atoms with E-state index in [0.717, 1.165) is 20.8 Å². The molecule has 2 aromatic carbocycles. The first-order valence-corrected chi connectivity index (χ1v) is 31.3. The Kier molecular flexibility index (Phi) is 34.1. The Balaban J connectivity index is 1.87. The number of aromatic nitrogens is 2. The molecule has 1 heterocycles. The number of aliphatic hydroxyl groups is 3. The number of amides is 12. The van der Waals surface area contributed by atoms with Crippen molar-refractivity contribution in [3.8, 4) is 5.75 Å². The molecule has 12 amide bonds. The van der Waals surface area contributed by atoms with Gasteiger partial charge in [0.2, 0.25) is 70.9 Å². The molecule has 0 spiro atoms. The van der Waals surface area contributed by atoms with E-state index in [1.807, 2.05) is 0 Å². The largest absolute Gasteiger partial charge is 0.508 e. The van der Waals surface area contributed by atoms with Crippen LogP contribution in [0.3, 0.4) is 0 Å². The zero-order valence-electron chi connectivity index (χ0n) is 55.5. The third-order valence-corrected chi connectivity index (χ3v) is 14.8. The molecule has 14 atom stereocenters. The molecule has 0 aliphatic rings. The molecule has 0 radical (unpaired) electrons. The number of aromatic amines is 1. The van der Waals surface area contributed by atoms with Gasteiger partial charge in [-0.2, -0.15) is 0 Å². The lowest BCUT2D eigenvalue weighted by Crippen LogP contribution is -2.63. The first-order chi connectivity index (χ1) is 47.4. The number of carboxylic acid groups (broad SMARTS) is 3. The number of carbonyl (C=O) groups is 15. The molecule has 1 aromatic heterocycles. The molecule has 40 nitrogen and oxygen atoms in total. The summed E-state index contributed by atoms with van der Waals surface area (Å²) in [4.78, 5) is 211. The van der Waals surface area contributed by atoms with E-state index in [9.17, 15) is 108 Å². The van der Waals surface area contributed by atoms with E-state index in [4.69, 9.17) is 22.9 Å². The third kappa shape index (κ3) is 29.3. The van der Waals surface area contributed by atoms with Crippen molar-refractivity contribution >= 4 is 94.8 Å². The standard InChI is InChI=1S/C61H88N18O22/c1-27(2)46(77-49(89)28(3)69-51(91)40(22-44(85)86)73-56(96)42(25-80)76-50(90)35(62)20-33-24-66-26-68-33)57(97)74-38(18-31-10-7-6-8-11-31)55(95)79-48(30(5)82)59(99)75-41(23-45(87)88)53(93)72-39(21-43(63)84)52(92)71-37(19-32-13-15-34(83)16-14-32)54(94)78-47(29(4)81)58(98)70-36(60(100)101)12-9-17-67-61(64)65/h6-8,10-11,13-16,24,26-30,35-42,46-48,80-83H,9,12,17-23,25,62H2,1-5H3,(H2,63,84)(H,66,68)(H,69,91)(H,70,98)(H,71,92)(H,72,93)(H,73,96)(H,74,97)(H,75,99)(H,76,90)(H,77,89)(H,78,94)(H,79,95)(H,85,86)(H,87,88)(H,100,101)(H4,64,65,67)/t28-,29+,30+,35-,36-,37-,38-,39-,40-,41-,42-,46-,47-,48-/m0/s1. The van der Waals surface area contributed by atoms with Crippen molar-refractivity contribution in [3.63, 3.8) is 0 Å². The van der Waals surface area contributed by atoms with Gasteiger partial charge in [-0.15, -0.1) is 0 Å². The monoisotopic (exact) mass is 1420 g/mol. The summed E-state index contributed by atoms with van der Waals surface area (Å²) in [6, 6.07) is -8.62. The Hall–Kier alpha value is -11.4. The summed E-state index contributed by atoms with van der Waals surface area (Å²) >= 11 is 0. The van der Waals surface area contributed by atoms with E-state index >= 15 is 0 Å². The lowest BCUT2D eigenvalue weighted by molar-refractivity contribution is -0.143. The Morgan fingerprint density at radius 3 is 1.35 bits per heavy atom. The number of carboxylic acids is 3. The second kappa shape index (κ2) is 41.1. The van der Waals surface area contributed by atoms with Crippen molar-refractivity contribution in [2.24, 2.45) is 33.8 Å². The summed E-state index contributed by atoms with van der Waals surface area (Å²) in [5.41, 5.74) is 23.1. The number of aliphatic carboxylic acids is 3. The Morgan fingerprint density at radius 2 is 0.901 bits per heavy atom. The van der Waals surface area contributed by atoms with E-state index in [0.29, 0.717) is 11.3 Å². The highest BCUT2D eigenvalue weighted by molar-refractivity contribution is 6.01. The number of aliphatic imine (C=N–C) groups is 1. The number of aromatic hydroxyl groups is 1. The van der Waals surface area contributed by atoms with Crippen molar-refractivity contribution in [3.05, 3.63) is 83.9 Å². The maximum absolute atomic E-state index is 14.4. The number of guanidine groups is 1. The van der Waals surface area contributed by atoms with Crippen LogP contribution in [0.5, 0.6) is 5.75 Å². The minimum atomic E-state index is -2.23. The van der Waals surface area contributed by atoms with Crippen LogP contribution in [0.15, 0.2) is 72.1 Å². The Morgan fingerprint density at radius 1 is 0.485 bits per heavy atom. The summed E-state index contributed by atoms with van der Waals surface area (Å²) in [6.07, 6.45) is -5.41. The molecule has 0 aliphatic heterocycles. The fourth-order valence-electron chi connectivity index (χ4n) is 9.39. The lowest BCUT2D eigenvalue weighted by atomic mass is 10.00. The van der Waals surface area contributed by atoms with Crippen LogP contribution in [-0.4, -0.2) is 238 Å². The van der Waals surface area contributed by atoms with Crippen LogP contribution in [-0.2, 0) is 91.2 Å². The number of nitrogens with one attached hydrogen (secondary N) is 12. The molecule has 3 rings (SSSR count). The number of hydrogen-bond donors (Lipinski definition) is 23. The van der Waals surface area contributed by atoms with Crippen molar-refractivity contribution < 1.29 is 108 Å². The van der Waals surface area contributed by atoms with E-state index in [-0.39, 0.29) is 49.5 Å². The molecule has 0 fully saturated rings. The number of benzene rings is 2. The number of primary amides is 1. The SMILES string of the molecule is CC(C)[C@H](NC(=O)[C@H](C)NC(=O)[C@H](CC(=O)O)NC(=O)[C@H](CO)NC(=O)[C@@H](N)Cc1cnc[nH]1)C(=O)N[C@@H](Cc1ccccc1)C(=O)N[C@H](C(=O)N[C@@H](CC(=O)O)C(=O)N[C@@H](CC(N)=O)C(=O)N[C@@H](Cc1ccc(O)cc1)C(=O)N[C@H](C(=O)N[C@@H](CCCN=C(N)N)C(=O)O)[C@@H](C)O)[C@@H](C)O. The van der Waals surface area contributed by atoms with Gasteiger partial charge < -0.3 is 122 Å². The highest BCUT2D eigenvalue weighted by Crippen LogP contribution is 2.14. The van der Waals surface area contributed by atoms with Crippen LogP contribution < -0.4 is 81.4 Å². The van der Waals surface area contributed by atoms with Gasteiger partial charge in [0.1, 0.15) is 72.2 Å². The number of phenols is 1. The van der Waals surface area contributed by atoms with E-state index in [1.165, 1.54) is 50.6 Å². The van der Waals surface area contributed by atoms with Gasteiger partial charge in [0.25, 0.3) is 0 Å². The van der Waals surface area contributed by atoms with Gasteiger partial charge in [0.05, 0.1) is 50.4 Å². The summed E-state index contributed by atoms with van der Waals surface area (Å²) in [5.74, 6) is -20.9. The number of H-pyrrole nitrogens is 1. The molecular formula is C61H88N18O22. The van der Waals surface area contributed by atoms with Crippen molar-refractivity contribution in [2.75, 3.05) is 13.2 Å². The van der Waals surface area contributed by atoms with Crippen molar-refractivity contribution in [1.29, 1.82) is 0 Å². The van der Waals surface area contributed by atoms with Gasteiger partial charge >= 0.3 is 17.9 Å². The van der Waals surface area contributed by atoms with Gasteiger partial charge in [0.15, 0.2) is 5.96 Å². The first kappa shape index (κ1) is 83.8. The molecule has 0 aliphatic carbocycles. The molecule has 101 heavy (non-hydrogen) atoms. The number of nitrogens with zero attached hydrogens (tertiary/aromatic N) is 2. The highest BCUT2D eigenvalue weighted by Gasteiger charge is 2.39. The third-order valence-electron chi connectivity index (χ3n) is 14.8. The van der Waals surface area contributed by atoms with Crippen molar-refractivity contribution in [2.45, 2.75) is 171 Å².